The number of carbonyl (C=O) groups is 1. The standard InChI is InChI=1S/C20H19ClN2O3S/c21-18-4-2-1-3-17(18)19-11-12-22(13-14-27-19)20(24)10-7-15-5-8-16(9-6-15)23(25)26/h1-10,19H,11-14H2/b10-7+. The van der Waals surface area contributed by atoms with Gasteiger partial charge in [-0.3, -0.25) is 14.9 Å². The molecule has 1 amide bonds. The largest absolute Gasteiger partial charge is 0.338 e. The van der Waals surface area contributed by atoms with E-state index in [4.69, 9.17) is 11.6 Å². The Kier molecular flexibility index (Phi) is 6.53. The van der Waals surface area contributed by atoms with Gasteiger partial charge in [0.1, 0.15) is 0 Å². The van der Waals surface area contributed by atoms with E-state index in [-0.39, 0.29) is 16.8 Å². The molecular formula is C20H19ClN2O3S. The van der Waals surface area contributed by atoms with Gasteiger partial charge in [0.05, 0.1) is 4.92 Å². The van der Waals surface area contributed by atoms with Crippen molar-refractivity contribution in [2.45, 2.75) is 11.7 Å². The lowest BCUT2D eigenvalue weighted by Crippen LogP contribution is -2.31. The number of nitrogens with zero attached hydrogens (tertiary/aromatic N) is 2. The predicted molar refractivity (Wildman–Crippen MR) is 110 cm³/mol. The maximum absolute atomic E-state index is 12.5. The molecule has 2 aromatic rings. The number of benzene rings is 2. The Labute approximate surface area is 167 Å². The summed E-state index contributed by atoms with van der Waals surface area (Å²) in [5.74, 6) is 0.807. The van der Waals surface area contributed by atoms with Crippen LogP contribution in [0.5, 0.6) is 0 Å². The van der Waals surface area contributed by atoms with Crippen molar-refractivity contribution in [3.8, 4) is 0 Å². The Morgan fingerprint density at radius 3 is 2.63 bits per heavy atom. The van der Waals surface area contributed by atoms with Crippen LogP contribution in [-0.2, 0) is 4.79 Å². The monoisotopic (exact) mass is 402 g/mol. The summed E-state index contributed by atoms with van der Waals surface area (Å²) in [6.07, 6.45) is 4.07. The van der Waals surface area contributed by atoms with Gasteiger partial charge in [-0.05, 0) is 41.8 Å². The molecule has 1 heterocycles. The van der Waals surface area contributed by atoms with E-state index in [9.17, 15) is 14.9 Å². The maximum Gasteiger partial charge on any atom is 0.269 e. The molecule has 2 aromatic carbocycles. The Hall–Kier alpha value is -2.31. The highest BCUT2D eigenvalue weighted by molar-refractivity contribution is 7.99. The molecule has 0 spiro atoms. The van der Waals surface area contributed by atoms with E-state index >= 15 is 0 Å². The van der Waals surface area contributed by atoms with Crippen molar-refractivity contribution >= 4 is 41.0 Å². The van der Waals surface area contributed by atoms with E-state index in [1.165, 1.54) is 18.2 Å². The van der Waals surface area contributed by atoms with Crippen LogP contribution in [0.4, 0.5) is 5.69 Å². The highest BCUT2D eigenvalue weighted by atomic mass is 35.5. The molecule has 3 rings (SSSR count). The molecule has 0 aromatic heterocycles. The molecule has 0 aliphatic carbocycles. The average molecular weight is 403 g/mol. The lowest BCUT2D eigenvalue weighted by molar-refractivity contribution is -0.384. The van der Waals surface area contributed by atoms with Gasteiger partial charge in [-0.2, -0.15) is 11.8 Å². The lowest BCUT2D eigenvalue weighted by Gasteiger charge is -2.18. The van der Waals surface area contributed by atoms with Crippen LogP contribution in [0.25, 0.3) is 6.08 Å². The van der Waals surface area contributed by atoms with Crippen molar-refractivity contribution in [2.24, 2.45) is 0 Å². The van der Waals surface area contributed by atoms with Gasteiger partial charge in [0, 0.05) is 47.3 Å². The molecule has 1 fully saturated rings. The fraction of sp³-hybridized carbons (Fsp3) is 0.250. The zero-order chi connectivity index (χ0) is 19.2. The third-order valence-corrected chi connectivity index (χ3v) is 6.08. The van der Waals surface area contributed by atoms with Crippen LogP contribution in [0.1, 0.15) is 22.8 Å². The van der Waals surface area contributed by atoms with Crippen LogP contribution in [0, 0.1) is 10.1 Å². The third kappa shape index (κ3) is 5.11. The number of rotatable bonds is 4. The zero-order valence-corrected chi connectivity index (χ0v) is 16.2. The third-order valence-electron chi connectivity index (χ3n) is 4.43. The Morgan fingerprint density at radius 1 is 1.19 bits per heavy atom. The van der Waals surface area contributed by atoms with Crippen molar-refractivity contribution in [3.63, 3.8) is 0 Å². The molecule has 1 saturated heterocycles. The highest BCUT2D eigenvalue weighted by Gasteiger charge is 2.22. The van der Waals surface area contributed by atoms with E-state index in [0.717, 1.165) is 28.3 Å². The van der Waals surface area contributed by atoms with Crippen LogP contribution in [-0.4, -0.2) is 34.6 Å². The predicted octanol–water partition coefficient (Wildman–Crippen LogP) is 4.97. The number of carbonyl (C=O) groups excluding carboxylic acids is 1. The van der Waals surface area contributed by atoms with Crippen LogP contribution in [0.15, 0.2) is 54.6 Å². The summed E-state index contributed by atoms with van der Waals surface area (Å²) in [6.45, 7) is 1.36. The van der Waals surface area contributed by atoms with E-state index in [0.29, 0.717) is 13.1 Å². The molecule has 0 N–H and O–H groups in total. The molecule has 1 atom stereocenters. The summed E-state index contributed by atoms with van der Waals surface area (Å²) in [7, 11) is 0. The lowest BCUT2D eigenvalue weighted by atomic mass is 10.1. The number of halogens is 1. The fourth-order valence-electron chi connectivity index (χ4n) is 2.96. The molecular weight excluding hydrogens is 384 g/mol. The van der Waals surface area contributed by atoms with Crippen LogP contribution >= 0.6 is 23.4 Å². The van der Waals surface area contributed by atoms with Gasteiger partial charge >= 0.3 is 0 Å². The molecule has 1 aliphatic rings. The second kappa shape index (κ2) is 9.06. The van der Waals surface area contributed by atoms with Crippen LogP contribution in [0.2, 0.25) is 5.02 Å². The average Bonchev–Trinajstić information content (AvgIpc) is 2.93. The first-order valence-corrected chi connectivity index (χ1v) is 10.0. The van der Waals surface area contributed by atoms with Gasteiger partial charge < -0.3 is 4.90 Å². The minimum atomic E-state index is -0.442. The summed E-state index contributed by atoms with van der Waals surface area (Å²) in [4.78, 5) is 24.6. The molecule has 0 radical (unpaired) electrons. The Bertz CT molecular complexity index is 855. The van der Waals surface area contributed by atoms with E-state index in [1.807, 2.05) is 40.9 Å². The minimum Gasteiger partial charge on any atom is -0.338 e. The van der Waals surface area contributed by atoms with E-state index in [1.54, 1.807) is 18.2 Å². The molecule has 140 valence electrons. The second-order valence-corrected chi connectivity index (χ2v) is 7.89. The number of amides is 1. The summed E-state index contributed by atoms with van der Waals surface area (Å²) in [5, 5.41) is 11.7. The Morgan fingerprint density at radius 2 is 1.93 bits per heavy atom. The highest BCUT2D eigenvalue weighted by Crippen LogP contribution is 2.37. The van der Waals surface area contributed by atoms with Crippen molar-refractivity contribution < 1.29 is 9.72 Å². The summed E-state index contributed by atoms with van der Waals surface area (Å²) >= 11 is 8.14. The SMILES string of the molecule is O=C(/C=C/c1ccc([N+](=O)[O-])cc1)N1CCSC(c2ccccc2Cl)CC1. The van der Waals surface area contributed by atoms with Crippen molar-refractivity contribution in [1.29, 1.82) is 0 Å². The number of non-ortho nitro benzene ring substituents is 1. The van der Waals surface area contributed by atoms with Gasteiger partial charge in [-0.1, -0.05) is 29.8 Å². The van der Waals surface area contributed by atoms with Crippen LogP contribution < -0.4 is 0 Å². The number of hydrogen-bond donors (Lipinski definition) is 0. The van der Waals surface area contributed by atoms with Gasteiger partial charge in [0.15, 0.2) is 0 Å². The summed E-state index contributed by atoms with van der Waals surface area (Å²) in [5.41, 5.74) is 1.92. The number of thioether (sulfide) groups is 1. The molecule has 1 aliphatic heterocycles. The summed E-state index contributed by atoms with van der Waals surface area (Å²) in [6, 6.07) is 14.0. The van der Waals surface area contributed by atoms with E-state index < -0.39 is 4.92 Å². The molecule has 1 unspecified atom stereocenters. The zero-order valence-electron chi connectivity index (χ0n) is 14.6. The second-order valence-electron chi connectivity index (χ2n) is 6.18. The van der Waals surface area contributed by atoms with Crippen molar-refractivity contribution in [1.82, 2.24) is 4.90 Å². The maximum atomic E-state index is 12.5. The van der Waals surface area contributed by atoms with Gasteiger partial charge in [0.25, 0.3) is 5.69 Å². The fourth-order valence-corrected chi connectivity index (χ4v) is 4.55. The molecule has 0 saturated carbocycles. The van der Waals surface area contributed by atoms with E-state index in [2.05, 4.69) is 0 Å². The molecule has 5 nitrogen and oxygen atoms in total. The molecule has 27 heavy (non-hydrogen) atoms. The smallest absolute Gasteiger partial charge is 0.269 e. The summed E-state index contributed by atoms with van der Waals surface area (Å²) < 4.78 is 0. The van der Waals surface area contributed by atoms with Gasteiger partial charge in [-0.15, -0.1) is 0 Å². The van der Waals surface area contributed by atoms with Gasteiger partial charge in [-0.25, -0.2) is 0 Å². The van der Waals surface area contributed by atoms with Gasteiger partial charge in [0.2, 0.25) is 5.91 Å². The number of nitro groups is 1. The quantitative estimate of drug-likeness (QED) is 0.411. The molecule has 0 bridgehead atoms. The van der Waals surface area contributed by atoms with Crippen molar-refractivity contribution in [2.75, 3.05) is 18.8 Å². The van der Waals surface area contributed by atoms with Crippen LogP contribution in [0.3, 0.4) is 0 Å². The Balaban J connectivity index is 1.60. The van der Waals surface area contributed by atoms with Crippen molar-refractivity contribution in [3.05, 3.63) is 80.9 Å². The number of nitro benzene ring substituents is 1. The number of hydrogen-bond acceptors (Lipinski definition) is 4. The normalized spacial score (nSPS) is 17.7. The molecule has 7 heteroatoms. The first-order chi connectivity index (χ1) is 13.0. The first-order valence-electron chi connectivity index (χ1n) is 8.62. The first kappa shape index (κ1) is 19.5. The topological polar surface area (TPSA) is 63.4 Å². The minimum absolute atomic E-state index is 0.0358.